The molecular formula is C14H16FN3S. The summed E-state index contributed by atoms with van der Waals surface area (Å²) in [6, 6.07) is 6.52. The van der Waals surface area contributed by atoms with E-state index in [1.165, 1.54) is 30.2 Å². The molecule has 0 aliphatic heterocycles. The van der Waals surface area contributed by atoms with Gasteiger partial charge in [-0.3, -0.25) is 0 Å². The number of hydrogen-bond donors (Lipinski definition) is 1. The molecule has 0 amide bonds. The molecule has 1 aromatic heterocycles. The Hall–Kier alpha value is -1.62. The summed E-state index contributed by atoms with van der Waals surface area (Å²) in [6.45, 7) is 4.18. The summed E-state index contributed by atoms with van der Waals surface area (Å²) in [4.78, 5) is 9.39. The largest absolute Gasteiger partial charge is 0.373 e. The van der Waals surface area contributed by atoms with Crippen molar-refractivity contribution in [2.45, 2.75) is 29.7 Å². The maximum absolute atomic E-state index is 13.2. The molecule has 3 nitrogen and oxygen atoms in total. The van der Waals surface area contributed by atoms with Crippen LogP contribution in [0.3, 0.4) is 0 Å². The van der Waals surface area contributed by atoms with Crippen LogP contribution in [0.5, 0.6) is 0 Å². The Morgan fingerprint density at radius 3 is 2.68 bits per heavy atom. The van der Waals surface area contributed by atoms with Gasteiger partial charge in [-0.1, -0.05) is 31.7 Å². The number of halogens is 1. The van der Waals surface area contributed by atoms with E-state index in [-0.39, 0.29) is 5.82 Å². The van der Waals surface area contributed by atoms with Crippen LogP contribution in [0.1, 0.15) is 25.3 Å². The van der Waals surface area contributed by atoms with Crippen LogP contribution in [-0.4, -0.2) is 17.0 Å². The Kier molecular flexibility index (Phi) is 4.37. The first-order valence-electron chi connectivity index (χ1n) is 6.08. The standard InChI is InChI=1S/C14H16FN3S/c1-9(2)12-13(16-3)17-8-18-14(12)19-11-6-4-5-10(15)7-11/h4-9H,1-3H3,(H,16,17,18). The third-order valence-electron chi connectivity index (χ3n) is 2.67. The van der Waals surface area contributed by atoms with E-state index in [9.17, 15) is 4.39 Å². The highest BCUT2D eigenvalue weighted by Crippen LogP contribution is 2.35. The van der Waals surface area contributed by atoms with Crippen molar-refractivity contribution in [2.24, 2.45) is 0 Å². The molecule has 2 rings (SSSR count). The minimum absolute atomic E-state index is 0.237. The van der Waals surface area contributed by atoms with Crippen LogP contribution in [0.4, 0.5) is 10.2 Å². The maximum atomic E-state index is 13.2. The summed E-state index contributed by atoms with van der Waals surface area (Å²) in [5.41, 5.74) is 1.05. The fourth-order valence-electron chi connectivity index (χ4n) is 1.82. The number of nitrogens with zero attached hydrogens (tertiary/aromatic N) is 2. The lowest BCUT2D eigenvalue weighted by atomic mass is 10.1. The van der Waals surface area contributed by atoms with Gasteiger partial charge < -0.3 is 5.32 Å². The third-order valence-corrected chi connectivity index (χ3v) is 3.68. The molecule has 0 fully saturated rings. The summed E-state index contributed by atoms with van der Waals surface area (Å²) in [5.74, 6) is 0.877. The number of rotatable bonds is 4. The molecule has 0 aliphatic carbocycles. The molecule has 0 unspecified atom stereocenters. The maximum Gasteiger partial charge on any atom is 0.133 e. The molecule has 0 aliphatic rings. The first-order valence-corrected chi connectivity index (χ1v) is 6.89. The second kappa shape index (κ2) is 6.02. The predicted molar refractivity (Wildman–Crippen MR) is 76.2 cm³/mol. The van der Waals surface area contributed by atoms with Gasteiger partial charge in [0, 0.05) is 17.5 Å². The van der Waals surface area contributed by atoms with Crippen molar-refractivity contribution >= 4 is 17.6 Å². The predicted octanol–water partition coefficient (Wildman–Crippen LogP) is 3.93. The van der Waals surface area contributed by atoms with E-state index in [4.69, 9.17) is 0 Å². The average molecular weight is 277 g/mol. The molecule has 5 heteroatoms. The fourth-order valence-corrected chi connectivity index (χ4v) is 2.91. The topological polar surface area (TPSA) is 37.8 Å². The van der Waals surface area contributed by atoms with Crippen LogP contribution in [0.2, 0.25) is 0 Å². The summed E-state index contributed by atoms with van der Waals surface area (Å²) in [6.07, 6.45) is 1.53. The monoisotopic (exact) mass is 277 g/mol. The van der Waals surface area contributed by atoms with E-state index in [1.807, 2.05) is 13.1 Å². The Bertz CT molecular complexity index is 572. The van der Waals surface area contributed by atoms with Crippen molar-refractivity contribution in [3.63, 3.8) is 0 Å². The van der Waals surface area contributed by atoms with Crippen LogP contribution < -0.4 is 5.32 Å². The quantitative estimate of drug-likeness (QED) is 0.859. The second-order valence-corrected chi connectivity index (χ2v) is 5.47. The normalized spacial score (nSPS) is 10.8. The van der Waals surface area contributed by atoms with Crippen molar-refractivity contribution in [2.75, 3.05) is 12.4 Å². The highest BCUT2D eigenvalue weighted by molar-refractivity contribution is 7.99. The second-order valence-electron chi connectivity index (χ2n) is 4.41. The van der Waals surface area contributed by atoms with E-state index >= 15 is 0 Å². The third kappa shape index (κ3) is 3.23. The van der Waals surface area contributed by atoms with Crippen LogP contribution in [0.15, 0.2) is 40.5 Å². The lowest BCUT2D eigenvalue weighted by molar-refractivity contribution is 0.624. The number of benzene rings is 1. The highest BCUT2D eigenvalue weighted by Gasteiger charge is 2.15. The van der Waals surface area contributed by atoms with Crippen LogP contribution in [0, 0.1) is 5.82 Å². The summed E-state index contributed by atoms with van der Waals surface area (Å²) < 4.78 is 13.2. The number of hydrogen-bond acceptors (Lipinski definition) is 4. The van der Waals surface area contributed by atoms with Gasteiger partial charge in [-0.25, -0.2) is 14.4 Å². The van der Waals surface area contributed by atoms with Gasteiger partial charge in [-0.2, -0.15) is 0 Å². The van der Waals surface area contributed by atoms with Crippen molar-refractivity contribution in [3.05, 3.63) is 42.0 Å². The van der Waals surface area contributed by atoms with Gasteiger partial charge in [0.15, 0.2) is 0 Å². The van der Waals surface area contributed by atoms with Crippen LogP contribution in [0.25, 0.3) is 0 Å². The zero-order chi connectivity index (χ0) is 13.8. The Balaban J connectivity index is 2.39. The van der Waals surface area contributed by atoms with Gasteiger partial charge in [0.2, 0.25) is 0 Å². The zero-order valence-electron chi connectivity index (χ0n) is 11.1. The average Bonchev–Trinajstić information content (AvgIpc) is 2.38. The van der Waals surface area contributed by atoms with Crippen molar-refractivity contribution in [3.8, 4) is 0 Å². The van der Waals surface area contributed by atoms with Gasteiger partial charge in [0.05, 0.1) is 0 Å². The van der Waals surface area contributed by atoms with E-state index in [2.05, 4.69) is 29.1 Å². The number of anilines is 1. The molecular weight excluding hydrogens is 261 g/mol. The molecule has 0 saturated heterocycles. The van der Waals surface area contributed by atoms with Crippen LogP contribution >= 0.6 is 11.8 Å². The summed E-state index contributed by atoms with van der Waals surface area (Å²) >= 11 is 1.46. The van der Waals surface area contributed by atoms with Crippen molar-refractivity contribution in [1.82, 2.24) is 9.97 Å². The van der Waals surface area contributed by atoms with E-state index in [0.29, 0.717) is 5.92 Å². The Morgan fingerprint density at radius 1 is 1.26 bits per heavy atom. The summed E-state index contributed by atoms with van der Waals surface area (Å²) in [7, 11) is 1.84. The lowest BCUT2D eigenvalue weighted by Gasteiger charge is -2.14. The van der Waals surface area contributed by atoms with Crippen molar-refractivity contribution < 1.29 is 4.39 Å². The van der Waals surface area contributed by atoms with Gasteiger partial charge in [0.1, 0.15) is 23.0 Å². The Morgan fingerprint density at radius 2 is 2.05 bits per heavy atom. The molecule has 1 N–H and O–H groups in total. The van der Waals surface area contributed by atoms with Crippen molar-refractivity contribution in [1.29, 1.82) is 0 Å². The highest BCUT2D eigenvalue weighted by atomic mass is 32.2. The number of aromatic nitrogens is 2. The molecule has 2 aromatic rings. The fraction of sp³-hybridized carbons (Fsp3) is 0.286. The van der Waals surface area contributed by atoms with Gasteiger partial charge in [0.25, 0.3) is 0 Å². The smallest absolute Gasteiger partial charge is 0.133 e. The van der Waals surface area contributed by atoms with Gasteiger partial charge in [-0.15, -0.1) is 0 Å². The molecule has 1 heterocycles. The SMILES string of the molecule is CNc1ncnc(Sc2cccc(F)c2)c1C(C)C. The molecule has 1 aromatic carbocycles. The molecule has 19 heavy (non-hydrogen) atoms. The molecule has 100 valence electrons. The first-order chi connectivity index (χ1) is 9.11. The van der Waals surface area contributed by atoms with E-state index in [1.54, 1.807) is 6.07 Å². The molecule has 0 radical (unpaired) electrons. The van der Waals surface area contributed by atoms with Gasteiger partial charge >= 0.3 is 0 Å². The molecule has 0 spiro atoms. The lowest BCUT2D eigenvalue weighted by Crippen LogP contribution is -2.03. The molecule has 0 saturated carbocycles. The number of nitrogens with one attached hydrogen (secondary N) is 1. The zero-order valence-corrected chi connectivity index (χ0v) is 12.0. The van der Waals surface area contributed by atoms with E-state index < -0.39 is 0 Å². The summed E-state index contributed by atoms with van der Waals surface area (Å²) in [5, 5.41) is 3.94. The first kappa shape index (κ1) is 13.8. The van der Waals surface area contributed by atoms with Gasteiger partial charge in [-0.05, 0) is 24.1 Å². The molecule has 0 atom stereocenters. The van der Waals surface area contributed by atoms with E-state index in [0.717, 1.165) is 21.3 Å². The molecule has 0 bridgehead atoms. The minimum Gasteiger partial charge on any atom is -0.373 e. The Labute approximate surface area is 116 Å². The minimum atomic E-state index is -0.237. The van der Waals surface area contributed by atoms with Crippen LogP contribution in [-0.2, 0) is 0 Å².